The normalized spacial score (nSPS) is 10.8. The molecule has 106 valence electrons. The molecule has 0 radical (unpaired) electrons. The second kappa shape index (κ2) is 5.40. The second-order valence-electron chi connectivity index (χ2n) is 5.19. The van der Waals surface area contributed by atoms with Gasteiger partial charge in [0.2, 0.25) is 0 Å². The van der Waals surface area contributed by atoms with Gasteiger partial charge in [0.15, 0.2) is 0 Å². The van der Waals surface area contributed by atoms with Crippen molar-refractivity contribution in [1.29, 1.82) is 0 Å². The van der Waals surface area contributed by atoms with E-state index in [4.69, 9.17) is 0 Å². The van der Waals surface area contributed by atoms with E-state index in [1.807, 2.05) is 18.2 Å². The minimum Gasteiger partial charge on any atom is -0.379 e. The Balaban J connectivity index is 1.87. The van der Waals surface area contributed by atoms with Crippen molar-refractivity contribution < 1.29 is 0 Å². The molecular formula is C17H17N3O. The molecule has 1 aromatic carbocycles. The molecule has 0 aliphatic carbocycles. The van der Waals surface area contributed by atoms with Crippen molar-refractivity contribution in [3.05, 3.63) is 75.8 Å². The molecule has 0 fully saturated rings. The maximum atomic E-state index is 12.0. The van der Waals surface area contributed by atoms with Crippen molar-refractivity contribution in [1.82, 2.24) is 9.38 Å². The lowest BCUT2D eigenvalue weighted by Gasteiger charge is -2.10. The summed E-state index contributed by atoms with van der Waals surface area (Å²) in [5, 5.41) is 3.34. The van der Waals surface area contributed by atoms with E-state index >= 15 is 0 Å². The Bertz CT molecular complexity index is 852. The van der Waals surface area contributed by atoms with Gasteiger partial charge in [0.25, 0.3) is 5.56 Å². The number of nitrogens with zero attached hydrogens (tertiary/aromatic N) is 2. The molecule has 2 aromatic heterocycles. The maximum absolute atomic E-state index is 12.0. The third-order valence-corrected chi connectivity index (χ3v) is 3.47. The molecule has 4 heteroatoms. The largest absolute Gasteiger partial charge is 0.379 e. The highest BCUT2D eigenvalue weighted by Crippen LogP contribution is 2.16. The number of anilines is 1. The van der Waals surface area contributed by atoms with Gasteiger partial charge in [-0.1, -0.05) is 23.8 Å². The van der Waals surface area contributed by atoms with Crippen LogP contribution in [0.15, 0.2) is 53.5 Å². The van der Waals surface area contributed by atoms with Gasteiger partial charge in [0, 0.05) is 18.0 Å². The Hall–Kier alpha value is -2.62. The molecule has 4 nitrogen and oxygen atoms in total. The van der Waals surface area contributed by atoms with Crippen LogP contribution in [-0.4, -0.2) is 9.38 Å². The van der Waals surface area contributed by atoms with Crippen LogP contribution in [0.1, 0.15) is 16.8 Å². The molecule has 0 aliphatic heterocycles. The molecule has 0 saturated heterocycles. The number of benzene rings is 1. The fourth-order valence-electron chi connectivity index (χ4n) is 2.39. The second-order valence-corrected chi connectivity index (χ2v) is 5.19. The fourth-order valence-corrected chi connectivity index (χ4v) is 2.39. The molecule has 1 N–H and O–H groups in total. The lowest BCUT2D eigenvalue weighted by molar-refractivity contribution is 0.970. The first kappa shape index (κ1) is 13.4. The van der Waals surface area contributed by atoms with E-state index in [1.165, 1.54) is 11.1 Å². The number of pyridine rings is 1. The van der Waals surface area contributed by atoms with Crippen molar-refractivity contribution in [2.45, 2.75) is 20.4 Å². The van der Waals surface area contributed by atoms with Crippen molar-refractivity contribution in [3.63, 3.8) is 0 Å². The number of aryl methyl sites for hydroxylation is 2. The summed E-state index contributed by atoms with van der Waals surface area (Å²) in [5.74, 6) is 0. The van der Waals surface area contributed by atoms with E-state index in [-0.39, 0.29) is 5.56 Å². The van der Waals surface area contributed by atoms with Gasteiger partial charge in [-0.15, -0.1) is 0 Å². The summed E-state index contributed by atoms with van der Waals surface area (Å²) in [6.07, 6.45) is 1.73. The molecule has 3 rings (SSSR count). The van der Waals surface area contributed by atoms with Crippen LogP contribution >= 0.6 is 0 Å². The van der Waals surface area contributed by atoms with Crippen LogP contribution < -0.4 is 10.9 Å². The summed E-state index contributed by atoms with van der Waals surface area (Å²) in [6.45, 7) is 4.67. The Kier molecular flexibility index (Phi) is 3.44. The molecule has 0 saturated carbocycles. The first-order chi connectivity index (χ1) is 10.1. The number of hydrogen-bond donors (Lipinski definition) is 1. The molecule has 0 amide bonds. The molecule has 0 unspecified atom stereocenters. The summed E-state index contributed by atoms with van der Waals surface area (Å²) in [5.41, 5.74) is 4.84. The van der Waals surface area contributed by atoms with E-state index < -0.39 is 0 Å². The Morgan fingerprint density at radius 1 is 1.14 bits per heavy atom. The van der Waals surface area contributed by atoms with Crippen LogP contribution in [-0.2, 0) is 6.54 Å². The summed E-state index contributed by atoms with van der Waals surface area (Å²) >= 11 is 0. The number of hydrogen-bond acceptors (Lipinski definition) is 3. The van der Waals surface area contributed by atoms with Crippen molar-refractivity contribution >= 4 is 11.3 Å². The Labute approximate surface area is 123 Å². The molecule has 0 aliphatic rings. The van der Waals surface area contributed by atoms with E-state index in [0.717, 1.165) is 11.4 Å². The van der Waals surface area contributed by atoms with Gasteiger partial charge < -0.3 is 5.32 Å². The van der Waals surface area contributed by atoms with Gasteiger partial charge in [-0.3, -0.25) is 9.20 Å². The topological polar surface area (TPSA) is 46.4 Å². The monoisotopic (exact) mass is 279 g/mol. The van der Waals surface area contributed by atoms with Crippen molar-refractivity contribution in [3.8, 4) is 0 Å². The van der Waals surface area contributed by atoms with E-state index in [0.29, 0.717) is 12.2 Å². The highest BCUT2D eigenvalue weighted by molar-refractivity contribution is 5.52. The molecule has 3 aromatic rings. The molecule has 2 heterocycles. The number of nitrogens with one attached hydrogen (secondary N) is 1. The van der Waals surface area contributed by atoms with Gasteiger partial charge in [-0.2, -0.15) is 0 Å². The third kappa shape index (κ3) is 2.79. The van der Waals surface area contributed by atoms with Crippen molar-refractivity contribution in [2.24, 2.45) is 0 Å². The van der Waals surface area contributed by atoms with Crippen LogP contribution in [0.4, 0.5) is 5.69 Å². The van der Waals surface area contributed by atoms with Gasteiger partial charge in [-0.25, -0.2) is 4.98 Å². The molecule has 0 atom stereocenters. The standard InChI is InChI=1S/C17H17N3O/c1-12-6-7-15(13(2)9-12)18-11-14-10-17(21)20-8-4-3-5-16(20)19-14/h3-10,18H,11H2,1-2H3. The summed E-state index contributed by atoms with van der Waals surface area (Å²) in [6, 6.07) is 13.4. The van der Waals surface area contributed by atoms with Gasteiger partial charge in [-0.05, 0) is 37.6 Å². The smallest absolute Gasteiger partial charge is 0.258 e. The molecule has 21 heavy (non-hydrogen) atoms. The van der Waals surface area contributed by atoms with E-state index in [2.05, 4.69) is 42.3 Å². The number of aromatic nitrogens is 2. The minimum absolute atomic E-state index is 0.0574. The summed E-state index contributed by atoms with van der Waals surface area (Å²) < 4.78 is 1.54. The highest BCUT2D eigenvalue weighted by atomic mass is 16.1. The molecule has 0 bridgehead atoms. The molecule has 0 spiro atoms. The summed E-state index contributed by atoms with van der Waals surface area (Å²) in [4.78, 5) is 16.5. The zero-order valence-corrected chi connectivity index (χ0v) is 12.1. The third-order valence-electron chi connectivity index (χ3n) is 3.47. The van der Waals surface area contributed by atoms with Crippen LogP contribution in [0.5, 0.6) is 0 Å². The number of rotatable bonds is 3. The minimum atomic E-state index is -0.0574. The fraction of sp³-hybridized carbons (Fsp3) is 0.176. The lowest BCUT2D eigenvalue weighted by Crippen LogP contribution is -2.16. The highest BCUT2D eigenvalue weighted by Gasteiger charge is 2.03. The zero-order chi connectivity index (χ0) is 14.8. The van der Waals surface area contributed by atoms with Crippen molar-refractivity contribution in [2.75, 3.05) is 5.32 Å². The van der Waals surface area contributed by atoms with E-state index in [1.54, 1.807) is 16.7 Å². The number of fused-ring (bicyclic) bond motifs is 1. The van der Waals surface area contributed by atoms with E-state index in [9.17, 15) is 4.79 Å². The van der Waals surface area contributed by atoms with Crippen LogP contribution in [0.25, 0.3) is 5.65 Å². The van der Waals surface area contributed by atoms with Crippen LogP contribution in [0.3, 0.4) is 0 Å². The van der Waals surface area contributed by atoms with Crippen LogP contribution in [0, 0.1) is 13.8 Å². The Morgan fingerprint density at radius 3 is 2.81 bits per heavy atom. The SMILES string of the molecule is Cc1ccc(NCc2cc(=O)n3ccccc3n2)c(C)c1. The zero-order valence-electron chi connectivity index (χ0n) is 12.1. The van der Waals surface area contributed by atoms with Gasteiger partial charge >= 0.3 is 0 Å². The van der Waals surface area contributed by atoms with Gasteiger partial charge in [0.05, 0.1) is 12.2 Å². The Morgan fingerprint density at radius 2 is 2.00 bits per heavy atom. The average Bonchev–Trinajstić information content (AvgIpc) is 2.46. The van der Waals surface area contributed by atoms with Gasteiger partial charge in [0.1, 0.15) is 5.65 Å². The molecular weight excluding hydrogens is 262 g/mol. The quantitative estimate of drug-likeness (QED) is 0.802. The first-order valence-corrected chi connectivity index (χ1v) is 6.92. The summed E-state index contributed by atoms with van der Waals surface area (Å²) in [7, 11) is 0. The predicted octanol–water partition coefficient (Wildman–Crippen LogP) is 2.92. The van der Waals surface area contributed by atoms with Crippen LogP contribution in [0.2, 0.25) is 0 Å². The maximum Gasteiger partial charge on any atom is 0.258 e. The predicted molar refractivity (Wildman–Crippen MR) is 84.7 cm³/mol. The first-order valence-electron chi connectivity index (χ1n) is 6.92. The lowest BCUT2D eigenvalue weighted by atomic mass is 10.1. The average molecular weight is 279 g/mol.